The standard InChI is InChI=1S/C39H49N2P/c1-27(2)34-22-16-23-35(28(3)4)38(34)40-31(9)26-42(32-18-12-10-13-19-32,33-20-14-11-15-21-33)41-39-36(29(5)6)24-17-25-37(39)30(7)8/h10-25,27-30H,26H2,1-9H3. The van der Waals surface area contributed by atoms with Gasteiger partial charge in [0.05, 0.1) is 11.4 Å². The van der Waals surface area contributed by atoms with Gasteiger partial charge in [0, 0.05) is 18.9 Å². The zero-order valence-electron chi connectivity index (χ0n) is 27.1. The van der Waals surface area contributed by atoms with Gasteiger partial charge in [0.15, 0.2) is 0 Å². The molecule has 0 spiro atoms. The molecule has 0 saturated heterocycles. The van der Waals surface area contributed by atoms with Crippen LogP contribution in [0.5, 0.6) is 0 Å². The average Bonchev–Trinajstić information content (AvgIpc) is 2.97. The van der Waals surface area contributed by atoms with Crippen LogP contribution in [0.1, 0.15) is 108 Å². The van der Waals surface area contributed by atoms with Crippen LogP contribution in [0.3, 0.4) is 0 Å². The minimum Gasteiger partial charge on any atom is -0.257 e. The first kappa shape index (κ1) is 31.7. The Morgan fingerprint density at radius 1 is 0.500 bits per heavy atom. The van der Waals surface area contributed by atoms with Crippen LogP contribution < -0.4 is 10.6 Å². The molecule has 0 aromatic heterocycles. The fourth-order valence-electron chi connectivity index (χ4n) is 5.83. The first-order chi connectivity index (χ1) is 20.0. The van der Waals surface area contributed by atoms with E-state index in [1.807, 2.05) is 0 Å². The van der Waals surface area contributed by atoms with Gasteiger partial charge in [-0.3, -0.25) is 9.74 Å². The molecule has 0 amide bonds. The van der Waals surface area contributed by atoms with Crippen LogP contribution in [0.4, 0.5) is 11.4 Å². The van der Waals surface area contributed by atoms with Crippen molar-refractivity contribution in [2.45, 2.75) is 86.0 Å². The van der Waals surface area contributed by atoms with Crippen molar-refractivity contribution >= 4 is 34.7 Å². The van der Waals surface area contributed by atoms with E-state index in [2.05, 4.69) is 159 Å². The molecule has 4 aromatic carbocycles. The molecule has 2 nitrogen and oxygen atoms in total. The summed E-state index contributed by atoms with van der Waals surface area (Å²) in [5.74, 6) is 1.54. The monoisotopic (exact) mass is 576 g/mol. The predicted octanol–water partition coefficient (Wildman–Crippen LogP) is 11.5. The number of hydrogen-bond acceptors (Lipinski definition) is 2. The molecule has 0 bridgehead atoms. The number of aliphatic imine (C=N–C) groups is 1. The number of hydrogen-bond donors (Lipinski definition) is 0. The molecular weight excluding hydrogens is 527 g/mol. The minimum atomic E-state index is -2.33. The van der Waals surface area contributed by atoms with E-state index in [9.17, 15) is 0 Å². The van der Waals surface area contributed by atoms with Crippen LogP contribution in [0.2, 0.25) is 0 Å². The molecule has 4 aromatic rings. The molecule has 4 rings (SSSR count). The highest BCUT2D eigenvalue weighted by molar-refractivity contribution is 7.81. The van der Waals surface area contributed by atoms with Gasteiger partial charge in [-0.1, -0.05) is 152 Å². The average molecular weight is 577 g/mol. The van der Waals surface area contributed by atoms with Crippen molar-refractivity contribution in [2.24, 2.45) is 9.74 Å². The summed E-state index contributed by atoms with van der Waals surface area (Å²) in [5, 5.41) is 2.58. The van der Waals surface area contributed by atoms with Gasteiger partial charge in [-0.2, -0.15) is 0 Å². The summed E-state index contributed by atoms with van der Waals surface area (Å²) in [4.78, 5) is 5.48. The SMILES string of the molecule is CC(CP(=Nc1c(C(C)C)cccc1C(C)C)(c1ccccc1)c1ccccc1)=Nc1c(C(C)C)cccc1C(C)C. The zero-order valence-corrected chi connectivity index (χ0v) is 28.0. The van der Waals surface area contributed by atoms with E-state index in [0.717, 1.165) is 17.6 Å². The largest absolute Gasteiger partial charge is 0.257 e. The lowest BCUT2D eigenvalue weighted by Gasteiger charge is -2.29. The lowest BCUT2D eigenvalue weighted by atomic mass is 9.93. The molecule has 0 N–H and O–H groups in total. The normalized spacial score (nSPS) is 12.5. The topological polar surface area (TPSA) is 24.7 Å². The second-order valence-corrected chi connectivity index (χ2v) is 15.8. The van der Waals surface area contributed by atoms with Crippen molar-refractivity contribution in [1.29, 1.82) is 0 Å². The fraction of sp³-hybridized carbons (Fsp3) is 0.359. The quantitative estimate of drug-likeness (QED) is 0.132. The highest BCUT2D eigenvalue weighted by atomic mass is 31.2. The molecule has 42 heavy (non-hydrogen) atoms. The Morgan fingerprint density at radius 3 is 1.21 bits per heavy atom. The summed E-state index contributed by atoms with van der Waals surface area (Å²) in [7, 11) is -2.33. The molecule has 0 aliphatic carbocycles. The second-order valence-electron chi connectivity index (χ2n) is 12.7. The maximum Gasteiger partial charge on any atom is 0.0698 e. The van der Waals surface area contributed by atoms with Crippen LogP contribution in [-0.4, -0.2) is 11.9 Å². The van der Waals surface area contributed by atoms with Crippen LogP contribution >= 0.6 is 7.05 Å². The van der Waals surface area contributed by atoms with E-state index in [4.69, 9.17) is 9.74 Å². The Bertz CT molecular complexity index is 1470. The van der Waals surface area contributed by atoms with Crippen molar-refractivity contribution in [2.75, 3.05) is 6.16 Å². The van der Waals surface area contributed by atoms with Crippen molar-refractivity contribution in [1.82, 2.24) is 0 Å². The first-order valence-electron chi connectivity index (χ1n) is 15.6. The molecule has 0 atom stereocenters. The Morgan fingerprint density at radius 2 is 0.857 bits per heavy atom. The smallest absolute Gasteiger partial charge is 0.0698 e. The molecule has 220 valence electrons. The molecule has 3 heteroatoms. The summed E-state index contributed by atoms with van der Waals surface area (Å²) in [6, 6.07) is 35.5. The van der Waals surface area contributed by atoms with Gasteiger partial charge < -0.3 is 0 Å². The Kier molecular flexibility index (Phi) is 10.4. The van der Waals surface area contributed by atoms with Crippen LogP contribution in [-0.2, 0) is 0 Å². The van der Waals surface area contributed by atoms with Crippen molar-refractivity contribution in [3.8, 4) is 0 Å². The Hall–Kier alpha value is -3.22. The highest BCUT2D eigenvalue weighted by Gasteiger charge is 2.28. The van der Waals surface area contributed by atoms with Gasteiger partial charge in [0.25, 0.3) is 0 Å². The van der Waals surface area contributed by atoms with Crippen molar-refractivity contribution in [3.05, 3.63) is 119 Å². The third kappa shape index (κ3) is 6.87. The van der Waals surface area contributed by atoms with Crippen molar-refractivity contribution in [3.63, 3.8) is 0 Å². The second kappa shape index (κ2) is 13.8. The molecular formula is C39H49N2P. The summed E-state index contributed by atoms with van der Waals surface area (Å²) < 4.78 is 6.00. The van der Waals surface area contributed by atoms with E-state index in [-0.39, 0.29) is 0 Å². The maximum atomic E-state index is 6.00. The molecule has 0 radical (unpaired) electrons. The van der Waals surface area contributed by atoms with Gasteiger partial charge >= 0.3 is 0 Å². The zero-order chi connectivity index (χ0) is 30.4. The molecule has 0 fully saturated rings. The van der Waals surface area contributed by atoms with Crippen LogP contribution in [0, 0.1) is 0 Å². The van der Waals surface area contributed by atoms with Gasteiger partial charge in [-0.05, 0) is 63.5 Å². The minimum absolute atomic E-state index is 0.372. The van der Waals surface area contributed by atoms with Crippen LogP contribution in [0.15, 0.2) is 107 Å². The highest BCUT2D eigenvalue weighted by Crippen LogP contribution is 2.53. The Labute approximate surface area is 255 Å². The van der Waals surface area contributed by atoms with E-state index in [1.54, 1.807) is 0 Å². The summed E-state index contributed by atoms with van der Waals surface area (Å²) in [6.07, 6.45) is 0.787. The first-order valence-corrected chi connectivity index (χ1v) is 17.5. The predicted molar refractivity (Wildman–Crippen MR) is 188 cm³/mol. The van der Waals surface area contributed by atoms with Crippen molar-refractivity contribution < 1.29 is 0 Å². The van der Waals surface area contributed by atoms with E-state index >= 15 is 0 Å². The molecule has 0 saturated carbocycles. The third-order valence-electron chi connectivity index (χ3n) is 8.08. The van der Waals surface area contributed by atoms with Gasteiger partial charge in [0.2, 0.25) is 0 Å². The van der Waals surface area contributed by atoms with Gasteiger partial charge in [-0.25, -0.2) is 0 Å². The summed E-state index contributed by atoms with van der Waals surface area (Å²) in [5.41, 5.74) is 8.70. The fourth-order valence-corrected chi connectivity index (χ4v) is 9.43. The summed E-state index contributed by atoms with van der Waals surface area (Å²) >= 11 is 0. The molecule has 0 aliphatic heterocycles. The summed E-state index contributed by atoms with van der Waals surface area (Å²) in [6.45, 7) is 20.4. The molecule has 0 heterocycles. The van der Waals surface area contributed by atoms with Crippen LogP contribution in [0.25, 0.3) is 0 Å². The number of nitrogens with zero attached hydrogens (tertiary/aromatic N) is 2. The molecule has 0 aliphatic rings. The Balaban J connectivity index is 2.09. The van der Waals surface area contributed by atoms with E-state index in [0.29, 0.717) is 23.7 Å². The number of para-hydroxylation sites is 1. The maximum absolute atomic E-state index is 6.00. The number of benzene rings is 4. The number of rotatable bonds is 10. The van der Waals surface area contributed by atoms with E-state index in [1.165, 1.54) is 38.6 Å². The third-order valence-corrected chi connectivity index (χ3v) is 11.8. The van der Waals surface area contributed by atoms with Gasteiger partial charge in [-0.15, -0.1) is 0 Å². The lowest BCUT2D eigenvalue weighted by Crippen LogP contribution is -2.22. The lowest BCUT2D eigenvalue weighted by molar-refractivity contribution is 0.834. The molecule has 0 unspecified atom stereocenters. The van der Waals surface area contributed by atoms with E-state index < -0.39 is 7.05 Å². The van der Waals surface area contributed by atoms with Gasteiger partial charge in [0.1, 0.15) is 0 Å².